The van der Waals surface area contributed by atoms with Crippen LogP contribution in [0.15, 0.2) is 42.5 Å². The normalized spacial score (nSPS) is 14.9. The molecule has 0 heterocycles. The minimum atomic E-state index is -0.494. The number of halogens is 1. The molecule has 1 amide bonds. The number of nitrogens with zero attached hydrogens (tertiary/aromatic N) is 1. The summed E-state index contributed by atoms with van der Waals surface area (Å²) in [5.41, 5.74) is 2.09. The van der Waals surface area contributed by atoms with E-state index in [0.29, 0.717) is 17.1 Å². The first-order valence-corrected chi connectivity index (χ1v) is 8.08. The van der Waals surface area contributed by atoms with E-state index in [2.05, 4.69) is 5.32 Å². The van der Waals surface area contributed by atoms with Gasteiger partial charge in [0.1, 0.15) is 0 Å². The Morgan fingerprint density at radius 3 is 2.50 bits per heavy atom. The molecular formula is C18H17ClN2O3. The summed E-state index contributed by atoms with van der Waals surface area (Å²) < 4.78 is 0. The number of hydrogen-bond donors (Lipinski definition) is 1. The second-order valence-corrected chi connectivity index (χ2v) is 6.66. The molecule has 5 nitrogen and oxygen atoms in total. The van der Waals surface area contributed by atoms with Gasteiger partial charge < -0.3 is 5.32 Å². The zero-order valence-electron chi connectivity index (χ0n) is 13.2. The lowest BCUT2D eigenvalue weighted by atomic mass is 9.95. The molecule has 1 aliphatic rings. The molecule has 0 spiro atoms. The highest BCUT2D eigenvalue weighted by Gasteiger charge is 2.44. The van der Waals surface area contributed by atoms with Gasteiger partial charge in [0.05, 0.1) is 4.92 Å². The van der Waals surface area contributed by atoms with Crippen molar-refractivity contribution in [3.63, 3.8) is 0 Å². The van der Waals surface area contributed by atoms with E-state index in [0.717, 1.165) is 24.0 Å². The molecule has 0 saturated heterocycles. The molecule has 1 fully saturated rings. The van der Waals surface area contributed by atoms with E-state index in [1.165, 1.54) is 12.1 Å². The third-order valence-corrected chi connectivity index (χ3v) is 4.83. The molecule has 6 heteroatoms. The van der Waals surface area contributed by atoms with Gasteiger partial charge in [0.15, 0.2) is 0 Å². The summed E-state index contributed by atoms with van der Waals surface area (Å²) >= 11 is 5.92. The maximum Gasteiger partial charge on any atom is 0.270 e. The molecule has 0 bridgehead atoms. The number of nitro benzene ring substituents is 1. The number of carbonyl (C=O) groups excluding carboxylic acids is 1. The predicted octanol–water partition coefficient (Wildman–Crippen LogP) is 4.02. The highest BCUT2D eigenvalue weighted by atomic mass is 35.5. The molecular weight excluding hydrogens is 328 g/mol. The summed E-state index contributed by atoms with van der Waals surface area (Å²) in [5, 5.41) is 14.5. The number of hydrogen-bond acceptors (Lipinski definition) is 3. The van der Waals surface area contributed by atoms with Crippen molar-refractivity contribution >= 4 is 23.2 Å². The number of nitro groups is 1. The minimum Gasteiger partial charge on any atom is -0.351 e. The number of non-ortho nitro benzene ring substituents is 1. The number of carbonyl (C=O) groups is 1. The predicted molar refractivity (Wildman–Crippen MR) is 92.5 cm³/mol. The van der Waals surface area contributed by atoms with Crippen LogP contribution in [-0.2, 0) is 5.41 Å². The third-order valence-electron chi connectivity index (χ3n) is 4.57. The lowest BCUT2D eigenvalue weighted by Crippen LogP contribution is -2.32. The van der Waals surface area contributed by atoms with Gasteiger partial charge in [0.2, 0.25) is 0 Å². The molecule has 0 atom stereocenters. The van der Waals surface area contributed by atoms with Crippen LogP contribution in [0.3, 0.4) is 0 Å². The van der Waals surface area contributed by atoms with Crippen LogP contribution in [0.25, 0.3) is 0 Å². The van der Waals surface area contributed by atoms with Crippen LogP contribution >= 0.6 is 11.6 Å². The molecule has 0 aliphatic heterocycles. The van der Waals surface area contributed by atoms with Gasteiger partial charge in [0.25, 0.3) is 11.6 Å². The summed E-state index contributed by atoms with van der Waals surface area (Å²) in [4.78, 5) is 22.8. The zero-order valence-corrected chi connectivity index (χ0v) is 14.0. The van der Waals surface area contributed by atoms with Gasteiger partial charge in [-0.3, -0.25) is 14.9 Å². The van der Waals surface area contributed by atoms with Gasteiger partial charge in [-0.25, -0.2) is 0 Å². The molecule has 3 rings (SSSR count). The Balaban J connectivity index is 1.73. The topological polar surface area (TPSA) is 72.2 Å². The van der Waals surface area contributed by atoms with Gasteiger partial charge in [-0.15, -0.1) is 0 Å². The van der Waals surface area contributed by atoms with Crippen LogP contribution in [0.2, 0.25) is 5.02 Å². The monoisotopic (exact) mass is 344 g/mol. The van der Waals surface area contributed by atoms with Crippen molar-refractivity contribution in [1.82, 2.24) is 5.32 Å². The van der Waals surface area contributed by atoms with E-state index in [1.807, 2.05) is 24.3 Å². The minimum absolute atomic E-state index is 0.0468. The van der Waals surface area contributed by atoms with Crippen LogP contribution < -0.4 is 5.32 Å². The second kappa shape index (κ2) is 6.24. The number of benzene rings is 2. The van der Waals surface area contributed by atoms with Crippen molar-refractivity contribution < 1.29 is 9.72 Å². The largest absolute Gasteiger partial charge is 0.351 e. The highest BCUT2D eigenvalue weighted by Crippen LogP contribution is 2.47. The molecule has 2 aromatic rings. The van der Waals surface area contributed by atoms with Crippen molar-refractivity contribution in [2.75, 3.05) is 6.54 Å². The second-order valence-electron chi connectivity index (χ2n) is 6.23. The Hall–Kier alpha value is -2.40. The van der Waals surface area contributed by atoms with E-state index in [-0.39, 0.29) is 17.0 Å². The van der Waals surface area contributed by atoms with E-state index in [9.17, 15) is 14.9 Å². The molecule has 2 aromatic carbocycles. The van der Waals surface area contributed by atoms with Gasteiger partial charge in [-0.1, -0.05) is 29.8 Å². The van der Waals surface area contributed by atoms with Crippen LogP contribution in [0.5, 0.6) is 0 Å². The van der Waals surface area contributed by atoms with Crippen LogP contribution in [0.1, 0.15) is 34.3 Å². The maximum absolute atomic E-state index is 12.4. The van der Waals surface area contributed by atoms with Crippen LogP contribution in [0, 0.1) is 17.0 Å². The lowest BCUT2D eigenvalue weighted by Gasteiger charge is -2.17. The molecule has 124 valence electrons. The standard InChI is InChI=1S/C18H17ClN2O3/c1-12-2-7-15(21(23)24)10-16(12)17(22)20-11-18(8-9-18)13-3-5-14(19)6-4-13/h2-7,10H,8-9,11H2,1H3,(H,20,22). The first-order valence-electron chi connectivity index (χ1n) is 7.71. The van der Waals surface area contributed by atoms with E-state index >= 15 is 0 Å². The Morgan fingerprint density at radius 2 is 1.92 bits per heavy atom. The van der Waals surface area contributed by atoms with Crippen molar-refractivity contribution in [2.45, 2.75) is 25.2 Å². The number of amides is 1. The molecule has 1 N–H and O–H groups in total. The summed E-state index contributed by atoms with van der Waals surface area (Å²) in [6.45, 7) is 2.28. The first-order chi connectivity index (χ1) is 11.4. The van der Waals surface area contributed by atoms with Crippen molar-refractivity contribution in [1.29, 1.82) is 0 Å². The van der Waals surface area contributed by atoms with Gasteiger partial charge in [-0.2, -0.15) is 0 Å². The molecule has 1 aliphatic carbocycles. The molecule has 1 saturated carbocycles. The molecule has 24 heavy (non-hydrogen) atoms. The van der Waals surface area contributed by atoms with Gasteiger partial charge in [-0.05, 0) is 43.0 Å². The highest BCUT2D eigenvalue weighted by molar-refractivity contribution is 6.30. The van der Waals surface area contributed by atoms with Gasteiger partial charge in [0, 0.05) is 34.7 Å². The van der Waals surface area contributed by atoms with Crippen molar-refractivity contribution in [2.24, 2.45) is 0 Å². The summed E-state index contributed by atoms with van der Waals surface area (Å²) in [7, 11) is 0. The van der Waals surface area contributed by atoms with Crippen molar-refractivity contribution in [3.05, 3.63) is 74.3 Å². The first kappa shape index (κ1) is 16.5. The third kappa shape index (κ3) is 3.26. The fourth-order valence-electron chi connectivity index (χ4n) is 2.83. The average molecular weight is 345 g/mol. The molecule has 0 aromatic heterocycles. The molecule has 0 radical (unpaired) electrons. The number of rotatable bonds is 5. The Morgan fingerprint density at radius 1 is 1.25 bits per heavy atom. The fraction of sp³-hybridized carbons (Fsp3) is 0.278. The van der Waals surface area contributed by atoms with E-state index in [4.69, 9.17) is 11.6 Å². The number of nitrogens with one attached hydrogen (secondary N) is 1. The maximum atomic E-state index is 12.4. The quantitative estimate of drug-likeness (QED) is 0.657. The summed E-state index contributed by atoms with van der Waals surface area (Å²) in [5.74, 6) is -0.281. The van der Waals surface area contributed by atoms with E-state index < -0.39 is 4.92 Å². The van der Waals surface area contributed by atoms with Crippen LogP contribution in [-0.4, -0.2) is 17.4 Å². The Labute approximate surface area is 144 Å². The number of aryl methyl sites for hydroxylation is 1. The summed E-state index contributed by atoms with van der Waals surface area (Å²) in [6.07, 6.45) is 2.01. The van der Waals surface area contributed by atoms with Gasteiger partial charge >= 0.3 is 0 Å². The zero-order chi connectivity index (χ0) is 17.3. The Bertz CT molecular complexity index is 798. The smallest absolute Gasteiger partial charge is 0.270 e. The lowest BCUT2D eigenvalue weighted by molar-refractivity contribution is -0.384. The Kier molecular flexibility index (Phi) is 4.28. The summed E-state index contributed by atoms with van der Waals surface area (Å²) in [6, 6.07) is 12.0. The molecule has 0 unspecified atom stereocenters. The average Bonchev–Trinajstić information content (AvgIpc) is 3.34. The van der Waals surface area contributed by atoms with Crippen LogP contribution in [0.4, 0.5) is 5.69 Å². The fourth-order valence-corrected chi connectivity index (χ4v) is 2.96. The van der Waals surface area contributed by atoms with Crippen molar-refractivity contribution in [3.8, 4) is 0 Å². The SMILES string of the molecule is Cc1ccc([N+](=O)[O-])cc1C(=O)NCC1(c2ccc(Cl)cc2)CC1. The van der Waals surface area contributed by atoms with E-state index in [1.54, 1.807) is 13.0 Å².